The molecule has 1 N–H and O–H groups in total. The van der Waals surface area contributed by atoms with E-state index in [4.69, 9.17) is 0 Å². The Morgan fingerprint density at radius 3 is 2.28 bits per heavy atom. The molecule has 0 aromatic heterocycles. The summed E-state index contributed by atoms with van der Waals surface area (Å²) in [4.78, 5) is 23.0. The highest BCUT2D eigenvalue weighted by molar-refractivity contribution is 6.03. The molecule has 0 bridgehead atoms. The van der Waals surface area contributed by atoms with Crippen molar-refractivity contribution >= 4 is 23.2 Å². The minimum Gasteiger partial charge on any atom is -0.326 e. The Morgan fingerprint density at radius 1 is 1.08 bits per heavy atom. The first kappa shape index (κ1) is 16.8. The van der Waals surface area contributed by atoms with Gasteiger partial charge in [0.2, 0.25) is 11.8 Å². The fourth-order valence-corrected chi connectivity index (χ4v) is 2.87. The summed E-state index contributed by atoms with van der Waals surface area (Å²) >= 11 is 0. The van der Waals surface area contributed by atoms with Gasteiger partial charge in [0.1, 0.15) is 5.82 Å². The van der Waals surface area contributed by atoms with Crippen molar-refractivity contribution < 1.29 is 14.0 Å². The van der Waals surface area contributed by atoms with E-state index in [2.05, 4.69) is 10.4 Å². The van der Waals surface area contributed by atoms with Gasteiger partial charge in [-0.15, -0.1) is 0 Å². The van der Waals surface area contributed by atoms with Crippen LogP contribution in [0.1, 0.15) is 37.4 Å². The number of nitrogens with zero attached hydrogens (tertiary/aromatic N) is 2. The summed E-state index contributed by atoms with van der Waals surface area (Å²) < 4.78 is 13.2. The summed E-state index contributed by atoms with van der Waals surface area (Å²) in [5.74, 6) is -0.616. The monoisotopic (exact) mass is 339 g/mol. The van der Waals surface area contributed by atoms with E-state index in [0.717, 1.165) is 16.8 Å². The zero-order chi connectivity index (χ0) is 18.0. The van der Waals surface area contributed by atoms with Crippen LogP contribution < -0.4 is 5.32 Å². The molecule has 128 valence electrons. The van der Waals surface area contributed by atoms with Crippen LogP contribution in [0.4, 0.5) is 10.1 Å². The molecule has 3 rings (SSSR count). The Kier molecular flexibility index (Phi) is 4.61. The van der Waals surface area contributed by atoms with Crippen molar-refractivity contribution in [3.8, 4) is 0 Å². The zero-order valence-corrected chi connectivity index (χ0v) is 14.0. The lowest BCUT2D eigenvalue weighted by Gasteiger charge is -2.20. The third-order valence-electron chi connectivity index (χ3n) is 4.03. The molecule has 2 aromatic carbocycles. The quantitative estimate of drug-likeness (QED) is 0.930. The second-order valence-electron chi connectivity index (χ2n) is 5.94. The predicted octanol–water partition coefficient (Wildman–Crippen LogP) is 3.48. The van der Waals surface area contributed by atoms with Gasteiger partial charge in [-0.05, 0) is 35.4 Å². The Bertz CT molecular complexity index is 829. The molecule has 1 unspecified atom stereocenters. The van der Waals surface area contributed by atoms with Crippen LogP contribution in [0.5, 0.6) is 0 Å². The zero-order valence-electron chi connectivity index (χ0n) is 14.0. The van der Waals surface area contributed by atoms with Gasteiger partial charge in [-0.1, -0.05) is 24.3 Å². The van der Waals surface area contributed by atoms with E-state index in [1.807, 2.05) is 12.1 Å². The van der Waals surface area contributed by atoms with Crippen molar-refractivity contribution in [3.63, 3.8) is 0 Å². The summed E-state index contributed by atoms with van der Waals surface area (Å²) in [5, 5.41) is 8.59. The van der Waals surface area contributed by atoms with Crippen molar-refractivity contribution in [1.82, 2.24) is 5.01 Å². The van der Waals surface area contributed by atoms with E-state index >= 15 is 0 Å². The molecule has 1 aliphatic rings. The number of carbonyl (C=O) groups excluding carboxylic acids is 2. The van der Waals surface area contributed by atoms with Gasteiger partial charge in [0, 0.05) is 26.0 Å². The maximum Gasteiger partial charge on any atom is 0.240 e. The highest BCUT2D eigenvalue weighted by atomic mass is 19.1. The smallest absolute Gasteiger partial charge is 0.240 e. The van der Waals surface area contributed by atoms with Gasteiger partial charge in [0.25, 0.3) is 0 Å². The molecule has 2 amide bonds. The molecule has 1 aliphatic heterocycles. The summed E-state index contributed by atoms with van der Waals surface area (Å²) in [6, 6.07) is 13.2. The fraction of sp³-hybridized carbons (Fsp3) is 0.211. The lowest BCUT2D eigenvalue weighted by Crippen LogP contribution is -2.24. The Balaban J connectivity index is 1.85. The molecule has 0 saturated heterocycles. The minimum absolute atomic E-state index is 0.134. The largest absolute Gasteiger partial charge is 0.326 e. The molecule has 0 spiro atoms. The van der Waals surface area contributed by atoms with E-state index in [0.29, 0.717) is 12.1 Å². The molecule has 0 aliphatic carbocycles. The number of hydrazone groups is 1. The molecular weight excluding hydrogens is 321 g/mol. The van der Waals surface area contributed by atoms with Crippen LogP contribution >= 0.6 is 0 Å². The third kappa shape index (κ3) is 3.74. The van der Waals surface area contributed by atoms with E-state index in [9.17, 15) is 14.0 Å². The first-order valence-corrected chi connectivity index (χ1v) is 7.95. The highest BCUT2D eigenvalue weighted by Crippen LogP contribution is 2.33. The number of halogens is 1. The van der Waals surface area contributed by atoms with Crippen molar-refractivity contribution in [2.45, 2.75) is 26.3 Å². The maximum absolute atomic E-state index is 13.2. The van der Waals surface area contributed by atoms with Gasteiger partial charge < -0.3 is 5.32 Å². The average Bonchev–Trinajstić information content (AvgIpc) is 3.01. The first-order valence-electron chi connectivity index (χ1n) is 7.95. The number of anilines is 1. The standard InChI is InChI=1S/C19H18FN3O2/c1-12(24)21-17-9-5-14(6-10-17)18-11-19(23(22-18)13(2)25)15-3-7-16(20)8-4-15/h3-10,19H,11H2,1-2H3,(H,21,24). The van der Waals surface area contributed by atoms with E-state index in [1.54, 1.807) is 24.3 Å². The predicted molar refractivity (Wildman–Crippen MR) is 93.6 cm³/mol. The lowest BCUT2D eigenvalue weighted by molar-refractivity contribution is -0.130. The fourth-order valence-electron chi connectivity index (χ4n) is 2.87. The van der Waals surface area contributed by atoms with Gasteiger partial charge in [0.15, 0.2) is 0 Å². The molecule has 5 nitrogen and oxygen atoms in total. The normalized spacial score (nSPS) is 16.5. The molecule has 1 atom stereocenters. The van der Waals surface area contributed by atoms with Gasteiger partial charge >= 0.3 is 0 Å². The van der Waals surface area contributed by atoms with Gasteiger partial charge in [-0.2, -0.15) is 5.10 Å². The Hall–Kier alpha value is -3.02. The summed E-state index contributed by atoms with van der Waals surface area (Å²) in [6.45, 7) is 2.91. The van der Waals surface area contributed by atoms with E-state index in [-0.39, 0.29) is 23.7 Å². The number of amides is 2. The van der Waals surface area contributed by atoms with Crippen molar-refractivity contribution in [2.75, 3.05) is 5.32 Å². The van der Waals surface area contributed by atoms with Crippen LogP contribution in [-0.2, 0) is 9.59 Å². The second-order valence-corrected chi connectivity index (χ2v) is 5.94. The number of rotatable bonds is 3. The number of benzene rings is 2. The van der Waals surface area contributed by atoms with Crippen LogP contribution in [0.3, 0.4) is 0 Å². The van der Waals surface area contributed by atoms with Gasteiger partial charge in [0.05, 0.1) is 11.8 Å². The lowest BCUT2D eigenvalue weighted by atomic mass is 9.98. The summed E-state index contributed by atoms with van der Waals surface area (Å²) in [5.41, 5.74) is 3.20. The number of hydrogen-bond acceptors (Lipinski definition) is 3. The highest BCUT2D eigenvalue weighted by Gasteiger charge is 2.31. The van der Waals surface area contributed by atoms with Crippen LogP contribution in [0.25, 0.3) is 0 Å². The molecule has 0 radical (unpaired) electrons. The first-order chi connectivity index (χ1) is 11.9. The maximum atomic E-state index is 13.2. The second kappa shape index (κ2) is 6.84. The molecular formula is C19H18FN3O2. The average molecular weight is 339 g/mol. The molecule has 2 aromatic rings. The van der Waals surface area contributed by atoms with Crippen LogP contribution in [0.15, 0.2) is 53.6 Å². The summed E-state index contributed by atoms with van der Waals surface area (Å²) in [6.07, 6.45) is 0.546. The van der Waals surface area contributed by atoms with Crippen LogP contribution in [0.2, 0.25) is 0 Å². The van der Waals surface area contributed by atoms with Crippen molar-refractivity contribution in [3.05, 3.63) is 65.5 Å². The number of carbonyl (C=O) groups is 2. The van der Waals surface area contributed by atoms with Gasteiger partial charge in [-0.3, -0.25) is 9.59 Å². The SMILES string of the molecule is CC(=O)Nc1ccc(C2=NN(C(C)=O)C(c3ccc(F)cc3)C2)cc1. The van der Waals surface area contributed by atoms with Crippen molar-refractivity contribution in [2.24, 2.45) is 5.10 Å². The van der Waals surface area contributed by atoms with Crippen LogP contribution in [0, 0.1) is 5.82 Å². The van der Waals surface area contributed by atoms with E-state index < -0.39 is 0 Å². The number of nitrogens with one attached hydrogen (secondary N) is 1. The number of hydrogen-bond donors (Lipinski definition) is 1. The topological polar surface area (TPSA) is 61.8 Å². The Labute approximate surface area is 145 Å². The minimum atomic E-state index is -0.314. The molecule has 6 heteroatoms. The molecule has 0 fully saturated rings. The van der Waals surface area contributed by atoms with Crippen LogP contribution in [-0.4, -0.2) is 22.5 Å². The van der Waals surface area contributed by atoms with Crippen molar-refractivity contribution in [1.29, 1.82) is 0 Å². The Morgan fingerprint density at radius 2 is 1.72 bits per heavy atom. The molecule has 25 heavy (non-hydrogen) atoms. The third-order valence-corrected chi connectivity index (χ3v) is 4.03. The van der Waals surface area contributed by atoms with E-state index in [1.165, 1.54) is 31.0 Å². The molecule has 1 heterocycles. The summed E-state index contributed by atoms with van der Waals surface area (Å²) in [7, 11) is 0. The molecule has 0 saturated carbocycles. The van der Waals surface area contributed by atoms with Gasteiger partial charge in [-0.25, -0.2) is 9.40 Å².